The summed E-state index contributed by atoms with van der Waals surface area (Å²) in [5, 5.41) is 0. The molecular formula is C26H28N2O. The van der Waals surface area contributed by atoms with Gasteiger partial charge in [0.05, 0.1) is 11.0 Å². The number of aryl methyl sites for hydroxylation is 2. The van der Waals surface area contributed by atoms with Crippen molar-refractivity contribution in [3.05, 3.63) is 94.8 Å². The summed E-state index contributed by atoms with van der Waals surface area (Å²) in [6.45, 7) is 9.90. The van der Waals surface area contributed by atoms with Crippen LogP contribution < -0.4 is 4.74 Å². The molecule has 1 aromatic heterocycles. The third-order valence-corrected chi connectivity index (χ3v) is 5.47. The van der Waals surface area contributed by atoms with Crippen molar-refractivity contribution in [2.45, 2.75) is 46.8 Å². The maximum absolute atomic E-state index is 6.32. The molecule has 0 amide bonds. The van der Waals surface area contributed by atoms with E-state index in [-0.39, 0.29) is 0 Å². The topological polar surface area (TPSA) is 27.1 Å². The Kier molecular flexibility index (Phi) is 5.39. The van der Waals surface area contributed by atoms with Crippen molar-refractivity contribution in [1.29, 1.82) is 0 Å². The molecule has 0 saturated carbocycles. The van der Waals surface area contributed by atoms with Crippen molar-refractivity contribution in [2.24, 2.45) is 0 Å². The number of ether oxygens (including phenoxy) is 1. The molecular weight excluding hydrogens is 356 g/mol. The molecule has 3 aromatic carbocycles. The Balaban J connectivity index is 1.69. The van der Waals surface area contributed by atoms with Crippen LogP contribution in [-0.4, -0.2) is 9.55 Å². The first-order chi connectivity index (χ1) is 14.0. The molecule has 4 rings (SSSR count). The normalized spacial score (nSPS) is 11.3. The molecule has 3 nitrogen and oxygen atoms in total. The number of aromatic nitrogens is 2. The lowest BCUT2D eigenvalue weighted by atomic mass is 10.0. The number of hydrogen-bond donors (Lipinski definition) is 0. The molecule has 1 heterocycles. The highest BCUT2D eigenvalue weighted by molar-refractivity contribution is 5.76. The zero-order valence-corrected chi connectivity index (χ0v) is 17.6. The molecule has 0 spiro atoms. The van der Waals surface area contributed by atoms with Gasteiger partial charge in [-0.05, 0) is 60.2 Å². The van der Waals surface area contributed by atoms with E-state index in [9.17, 15) is 0 Å². The third-order valence-electron chi connectivity index (χ3n) is 5.47. The van der Waals surface area contributed by atoms with Crippen LogP contribution in [0.2, 0.25) is 0 Å². The van der Waals surface area contributed by atoms with Gasteiger partial charge in [-0.25, -0.2) is 4.98 Å². The van der Waals surface area contributed by atoms with Crippen molar-refractivity contribution < 1.29 is 4.74 Å². The van der Waals surface area contributed by atoms with E-state index in [4.69, 9.17) is 9.72 Å². The van der Waals surface area contributed by atoms with Gasteiger partial charge in [0, 0.05) is 6.54 Å². The van der Waals surface area contributed by atoms with Gasteiger partial charge >= 0.3 is 0 Å². The van der Waals surface area contributed by atoms with Crippen LogP contribution in [-0.2, 0) is 13.2 Å². The van der Waals surface area contributed by atoms with Crippen LogP contribution in [0.15, 0.2) is 66.7 Å². The van der Waals surface area contributed by atoms with Gasteiger partial charge in [-0.1, -0.05) is 62.4 Å². The summed E-state index contributed by atoms with van der Waals surface area (Å²) in [7, 11) is 0. The summed E-state index contributed by atoms with van der Waals surface area (Å²) >= 11 is 0. The van der Waals surface area contributed by atoms with Gasteiger partial charge in [-0.3, -0.25) is 0 Å². The van der Waals surface area contributed by atoms with Gasteiger partial charge in [0.25, 0.3) is 0 Å². The number of hydrogen-bond acceptors (Lipinski definition) is 2. The summed E-state index contributed by atoms with van der Waals surface area (Å²) < 4.78 is 8.60. The number of imidazole rings is 1. The Labute approximate surface area is 173 Å². The quantitative estimate of drug-likeness (QED) is 0.384. The van der Waals surface area contributed by atoms with E-state index in [1.54, 1.807) is 0 Å². The Morgan fingerprint density at radius 3 is 2.48 bits per heavy atom. The summed E-state index contributed by atoms with van der Waals surface area (Å²) in [6, 6.07) is 23.3. The molecule has 0 atom stereocenters. The van der Waals surface area contributed by atoms with Gasteiger partial charge in [0.2, 0.25) is 0 Å². The summed E-state index contributed by atoms with van der Waals surface area (Å²) in [5.74, 6) is 2.32. The van der Waals surface area contributed by atoms with Crippen molar-refractivity contribution in [2.75, 3.05) is 0 Å². The highest BCUT2D eigenvalue weighted by atomic mass is 16.5. The molecule has 0 aliphatic heterocycles. The monoisotopic (exact) mass is 384 g/mol. The van der Waals surface area contributed by atoms with Crippen LogP contribution in [0.5, 0.6) is 5.75 Å². The SMILES string of the molecule is Cc1ccc(C(C)C)c(OCc2nc3ccccc3n2Cc2ccccc2C)c1. The number of nitrogens with zero attached hydrogens (tertiary/aromatic N) is 2. The molecule has 0 N–H and O–H groups in total. The number of fused-ring (bicyclic) bond motifs is 1. The smallest absolute Gasteiger partial charge is 0.148 e. The van der Waals surface area contributed by atoms with Crippen molar-refractivity contribution in [3.8, 4) is 5.75 Å². The molecule has 148 valence electrons. The first kappa shape index (κ1) is 19.3. The van der Waals surface area contributed by atoms with Crippen molar-refractivity contribution in [3.63, 3.8) is 0 Å². The van der Waals surface area contributed by atoms with E-state index >= 15 is 0 Å². The maximum Gasteiger partial charge on any atom is 0.148 e. The molecule has 0 saturated heterocycles. The van der Waals surface area contributed by atoms with Crippen molar-refractivity contribution in [1.82, 2.24) is 9.55 Å². The maximum atomic E-state index is 6.32. The number of rotatable bonds is 6. The van der Waals surface area contributed by atoms with Crippen LogP contribution in [0.25, 0.3) is 11.0 Å². The fraction of sp³-hybridized carbons (Fsp3) is 0.269. The minimum atomic E-state index is 0.413. The standard InChI is InChI=1S/C26H28N2O/c1-18(2)22-14-13-19(3)15-25(22)29-17-26-27-23-11-7-8-12-24(23)28(26)16-21-10-6-5-9-20(21)4/h5-15,18H,16-17H2,1-4H3. The molecule has 0 aliphatic rings. The Bertz CT molecular complexity index is 1140. The lowest BCUT2D eigenvalue weighted by Crippen LogP contribution is -2.10. The number of benzene rings is 3. The minimum Gasteiger partial charge on any atom is -0.485 e. The lowest BCUT2D eigenvalue weighted by molar-refractivity contribution is 0.287. The van der Waals surface area contributed by atoms with Crippen LogP contribution in [0, 0.1) is 13.8 Å². The van der Waals surface area contributed by atoms with Gasteiger partial charge in [0.15, 0.2) is 0 Å². The molecule has 3 heteroatoms. The van der Waals surface area contributed by atoms with Gasteiger partial charge < -0.3 is 9.30 Å². The zero-order valence-electron chi connectivity index (χ0n) is 17.6. The zero-order chi connectivity index (χ0) is 20.4. The van der Waals surface area contributed by atoms with E-state index in [1.807, 2.05) is 6.07 Å². The van der Waals surface area contributed by atoms with E-state index in [2.05, 4.69) is 92.9 Å². The molecule has 0 radical (unpaired) electrons. The molecule has 4 aromatic rings. The lowest BCUT2D eigenvalue weighted by Gasteiger charge is -2.16. The largest absolute Gasteiger partial charge is 0.485 e. The Morgan fingerprint density at radius 2 is 1.69 bits per heavy atom. The highest BCUT2D eigenvalue weighted by Crippen LogP contribution is 2.29. The summed E-state index contributed by atoms with van der Waals surface area (Å²) in [4.78, 5) is 4.89. The van der Waals surface area contributed by atoms with Crippen LogP contribution in [0.4, 0.5) is 0 Å². The molecule has 0 fully saturated rings. The molecule has 0 aliphatic carbocycles. The first-order valence-corrected chi connectivity index (χ1v) is 10.2. The average Bonchev–Trinajstić information content (AvgIpc) is 3.05. The first-order valence-electron chi connectivity index (χ1n) is 10.2. The third kappa shape index (κ3) is 4.04. The van der Waals surface area contributed by atoms with Crippen LogP contribution in [0.1, 0.15) is 47.8 Å². The average molecular weight is 385 g/mol. The second-order valence-corrected chi connectivity index (χ2v) is 8.01. The molecule has 29 heavy (non-hydrogen) atoms. The fourth-order valence-corrected chi connectivity index (χ4v) is 3.76. The number of para-hydroxylation sites is 2. The Morgan fingerprint density at radius 1 is 0.931 bits per heavy atom. The van der Waals surface area contributed by atoms with Crippen molar-refractivity contribution >= 4 is 11.0 Å². The van der Waals surface area contributed by atoms with E-state index in [0.717, 1.165) is 29.2 Å². The Hall–Kier alpha value is -3.07. The van der Waals surface area contributed by atoms with E-state index < -0.39 is 0 Å². The fourth-order valence-electron chi connectivity index (χ4n) is 3.76. The van der Waals surface area contributed by atoms with Gasteiger partial charge in [-0.15, -0.1) is 0 Å². The van der Waals surface area contributed by atoms with Crippen LogP contribution >= 0.6 is 0 Å². The summed E-state index contributed by atoms with van der Waals surface area (Å²) in [6.07, 6.45) is 0. The van der Waals surface area contributed by atoms with E-state index in [1.165, 1.54) is 22.3 Å². The van der Waals surface area contributed by atoms with Gasteiger partial charge in [-0.2, -0.15) is 0 Å². The predicted molar refractivity (Wildman–Crippen MR) is 120 cm³/mol. The second kappa shape index (κ2) is 8.12. The molecule has 0 bridgehead atoms. The summed E-state index contributed by atoms with van der Waals surface area (Å²) in [5.41, 5.74) is 7.18. The molecule has 0 unspecified atom stereocenters. The minimum absolute atomic E-state index is 0.413. The van der Waals surface area contributed by atoms with E-state index in [0.29, 0.717) is 12.5 Å². The van der Waals surface area contributed by atoms with Crippen LogP contribution in [0.3, 0.4) is 0 Å². The van der Waals surface area contributed by atoms with Gasteiger partial charge in [0.1, 0.15) is 18.2 Å². The highest BCUT2D eigenvalue weighted by Gasteiger charge is 2.14. The second-order valence-electron chi connectivity index (χ2n) is 8.01. The predicted octanol–water partition coefficient (Wildman–Crippen LogP) is 6.40.